The van der Waals surface area contributed by atoms with Crippen LogP contribution < -0.4 is 4.74 Å². The van der Waals surface area contributed by atoms with Gasteiger partial charge in [-0.05, 0) is 23.2 Å². The summed E-state index contributed by atoms with van der Waals surface area (Å²) in [6, 6.07) is 8.82. The zero-order chi connectivity index (χ0) is 22.0. The van der Waals surface area contributed by atoms with Gasteiger partial charge in [-0.15, -0.1) is 13.2 Å². The third-order valence-electron chi connectivity index (χ3n) is 5.82. The highest BCUT2D eigenvalue weighted by Gasteiger charge is 2.61. The van der Waals surface area contributed by atoms with Crippen LogP contribution >= 0.6 is 0 Å². The minimum Gasteiger partial charge on any atom is -0.470 e. The second kappa shape index (κ2) is 8.45. The summed E-state index contributed by atoms with van der Waals surface area (Å²) in [6.45, 7) is 8.64. The minimum atomic E-state index is -2.20. The van der Waals surface area contributed by atoms with Gasteiger partial charge in [-0.3, -0.25) is 14.5 Å². The fourth-order valence-electron chi connectivity index (χ4n) is 4.39. The van der Waals surface area contributed by atoms with E-state index in [1.807, 2.05) is 35.2 Å². The molecule has 1 aromatic carbocycles. The summed E-state index contributed by atoms with van der Waals surface area (Å²) in [5.74, 6) is -1.84. The Hall–Kier alpha value is -3.29. The number of rotatable bonds is 8. The smallest absolute Gasteiger partial charge is 0.265 e. The molecule has 2 aromatic rings. The fourth-order valence-corrected chi connectivity index (χ4v) is 4.39. The molecule has 31 heavy (non-hydrogen) atoms. The third kappa shape index (κ3) is 3.45. The average Bonchev–Trinajstić information content (AvgIpc) is 3.19. The Balaban J connectivity index is 1.79. The van der Waals surface area contributed by atoms with Gasteiger partial charge >= 0.3 is 0 Å². The molecular formula is C24H24N2O5. The first kappa shape index (κ1) is 21.0. The summed E-state index contributed by atoms with van der Waals surface area (Å²) >= 11 is 0. The van der Waals surface area contributed by atoms with Crippen molar-refractivity contribution in [2.75, 3.05) is 13.1 Å². The lowest BCUT2D eigenvalue weighted by Gasteiger charge is -2.45. The van der Waals surface area contributed by atoms with E-state index < -0.39 is 29.1 Å². The Morgan fingerprint density at radius 3 is 2.61 bits per heavy atom. The molecule has 7 nitrogen and oxygen atoms in total. The predicted octanol–water partition coefficient (Wildman–Crippen LogP) is 3.04. The SMILES string of the molecule is C=CCN(CC=C)[C@@H]1c2onc(OCc3ccccc3)c2C(=O)[C@]2(O)C(=O)C=CCC12. The number of ketones is 2. The van der Waals surface area contributed by atoms with Crippen molar-refractivity contribution < 1.29 is 24.0 Å². The molecule has 1 unspecified atom stereocenters. The Morgan fingerprint density at radius 1 is 1.23 bits per heavy atom. The molecule has 0 radical (unpaired) electrons. The van der Waals surface area contributed by atoms with E-state index >= 15 is 0 Å². The number of Topliss-reactive ketones (excluding diaryl/α,β-unsaturated/α-hetero) is 1. The number of carbonyl (C=O) groups is 2. The van der Waals surface area contributed by atoms with Crippen molar-refractivity contribution in [2.24, 2.45) is 5.92 Å². The molecule has 7 heteroatoms. The number of hydrogen-bond donors (Lipinski definition) is 1. The molecule has 160 valence electrons. The van der Waals surface area contributed by atoms with Crippen molar-refractivity contribution in [3.05, 3.63) is 84.7 Å². The molecule has 0 spiro atoms. The summed E-state index contributed by atoms with van der Waals surface area (Å²) in [5.41, 5.74) is -1.31. The van der Waals surface area contributed by atoms with Crippen LogP contribution in [-0.4, -0.2) is 45.4 Å². The molecule has 1 aromatic heterocycles. The van der Waals surface area contributed by atoms with Crippen LogP contribution in [-0.2, 0) is 11.4 Å². The van der Waals surface area contributed by atoms with E-state index in [9.17, 15) is 14.7 Å². The van der Waals surface area contributed by atoms with Gasteiger partial charge in [0.1, 0.15) is 12.2 Å². The highest BCUT2D eigenvalue weighted by Crippen LogP contribution is 2.50. The van der Waals surface area contributed by atoms with Crippen LogP contribution in [0.25, 0.3) is 0 Å². The van der Waals surface area contributed by atoms with Gasteiger partial charge in [-0.1, -0.05) is 48.6 Å². The zero-order valence-electron chi connectivity index (χ0n) is 17.1. The second-order valence-corrected chi connectivity index (χ2v) is 7.68. The molecule has 0 amide bonds. The molecule has 4 rings (SSSR count). The molecule has 1 heterocycles. The van der Waals surface area contributed by atoms with Gasteiger partial charge in [0.05, 0.1) is 6.04 Å². The van der Waals surface area contributed by atoms with Crippen molar-refractivity contribution in [3.63, 3.8) is 0 Å². The van der Waals surface area contributed by atoms with Gasteiger partial charge in [0.2, 0.25) is 5.78 Å². The quantitative estimate of drug-likeness (QED) is 0.518. The van der Waals surface area contributed by atoms with E-state index in [-0.39, 0.29) is 23.8 Å². The number of allylic oxidation sites excluding steroid dienone is 1. The largest absolute Gasteiger partial charge is 0.470 e. The van der Waals surface area contributed by atoms with Crippen LogP contribution in [0.5, 0.6) is 5.88 Å². The lowest BCUT2D eigenvalue weighted by molar-refractivity contribution is -0.137. The zero-order valence-corrected chi connectivity index (χ0v) is 17.1. The lowest BCUT2D eigenvalue weighted by atomic mass is 9.65. The molecule has 2 aliphatic rings. The second-order valence-electron chi connectivity index (χ2n) is 7.68. The van der Waals surface area contributed by atoms with Gasteiger partial charge < -0.3 is 14.4 Å². The Kier molecular flexibility index (Phi) is 5.71. The van der Waals surface area contributed by atoms with Crippen LogP contribution in [0.15, 0.2) is 72.3 Å². The van der Waals surface area contributed by atoms with Crippen LogP contribution in [0.2, 0.25) is 0 Å². The van der Waals surface area contributed by atoms with Crippen molar-refractivity contribution in [1.29, 1.82) is 0 Å². The first-order valence-electron chi connectivity index (χ1n) is 10.1. The normalized spacial score (nSPS) is 24.6. The predicted molar refractivity (Wildman–Crippen MR) is 114 cm³/mol. The third-order valence-corrected chi connectivity index (χ3v) is 5.82. The number of aliphatic hydroxyl groups is 1. The highest BCUT2D eigenvalue weighted by atomic mass is 16.5. The monoisotopic (exact) mass is 420 g/mol. The van der Waals surface area contributed by atoms with E-state index in [1.165, 1.54) is 6.08 Å². The first-order valence-corrected chi connectivity index (χ1v) is 10.1. The van der Waals surface area contributed by atoms with Crippen molar-refractivity contribution in [3.8, 4) is 5.88 Å². The topological polar surface area (TPSA) is 92.9 Å². The van der Waals surface area contributed by atoms with Gasteiger partial charge in [-0.25, -0.2) is 0 Å². The first-order chi connectivity index (χ1) is 15.0. The number of ether oxygens (including phenoxy) is 1. The van der Waals surface area contributed by atoms with E-state index in [0.717, 1.165) is 5.56 Å². The van der Waals surface area contributed by atoms with Crippen LogP contribution in [0.4, 0.5) is 0 Å². The Labute approximate surface area is 180 Å². The lowest BCUT2D eigenvalue weighted by Crippen LogP contribution is -2.60. The van der Waals surface area contributed by atoms with E-state index in [4.69, 9.17) is 9.26 Å². The van der Waals surface area contributed by atoms with Gasteiger partial charge in [-0.2, -0.15) is 0 Å². The van der Waals surface area contributed by atoms with Crippen LogP contribution in [0.1, 0.15) is 34.1 Å². The Bertz CT molecular complexity index is 1030. The molecular weight excluding hydrogens is 396 g/mol. The maximum Gasteiger partial charge on any atom is 0.265 e. The van der Waals surface area contributed by atoms with Crippen molar-refractivity contribution in [2.45, 2.75) is 24.7 Å². The Morgan fingerprint density at radius 2 is 1.94 bits per heavy atom. The number of fused-ring (bicyclic) bond motifs is 2. The number of nitrogens with zero attached hydrogens (tertiary/aromatic N) is 2. The van der Waals surface area contributed by atoms with E-state index in [1.54, 1.807) is 18.2 Å². The number of carbonyl (C=O) groups excluding carboxylic acids is 2. The molecule has 0 saturated heterocycles. The summed E-state index contributed by atoms with van der Waals surface area (Å²) in [6.07, 6.45) is 6.70. The van der Waals surface area contributed by atoms with Crippen molar-refractivity contribution in [1.82, 2.24) is 10.1 Å². The summed E-state index contributed by atoms with van der Waals surface area (Å²) in [5, 5.41) is 15.4. The highest BCUT2D eigenvalue weighted by molar-refractivity contribution is 6.23. The van der Waals surface area contributed by atoms with Crippen molar-refractivity contribution >= 4 is 11.6 Å². The average molecular weight is 420 g/mol. The molecule has 0 fully saturated rings. The number of aromatic nitrogens is 1. The maximum atomic E-state index is 13.4. The molecule has 1 N–H and O–H groups in total. The minimum absolute atomic E-state index is 0.0152. The summed E-state index contributed by atoms with van der Waals surface area (Å²) in [7, 11) is 0. The van der Waals surface area contributed by atoms with E-state index in [2.05, 4.69) is 18.3 Å². The summed E-state index contributed by atoms with van der Waals surface area (Å²) < 4.78 is 11.4. The molecule has 2 aliphatic carbocycles. The maximum absolute atomic E-state index is 13.4. The van der Waals surface area contributed by atoms with Crippen LogP contribution in [0, 0.1) is 5.92 Å². The standard InChI is InChI=1S/C24H24N2O5/c1-3-13-26(14-4-2)20-17-11-8-12-18(27)24(17,29)22(28)19-21(20)31-25-23(19)30-15-16-9-6-5-7-10-16/h3-10,12,17,20,29H,1-2,11,13-15H2/t17?,20-,24+/m0/s1. The van der Waals surface area contributed by atoms with Gasteiger partial charge in [0, 0.05) is 19.0 Å². The fraction of sp³-hybridized carbons (Fsp3) is 0.292. The molecule has 0 bridgehead atoms. The molecule has 0 saturated carbocycles. The van der Waals surface area contributed by atoms with Gasteiger partial charge in [0.25, 0.3) is 5.88 Å². The molecule has 0 aliphatic heterocycles. The van der Waals surface area contributed by atoms with E-state index in [0.29, 0.717) is 19.5 Å². The van der Waals surface area contributed by atoms with Crippen LogP contribution in [0.3, 0.4) is 0 Å². The molecule has 3 atom stereocenters. The summed E-state index contributed by atoms with van der Waals surface area (Å²) in [4.78, 5) is 28.1. The number of benzene rings is 1. The van der Waals surface area contributed by atoms with Gasteiger partial charge in [0.15, 0.2) is 17.1 Å². The number of hydrogen-bond acceptors (Lipinski definition) is 7.